The first kappa shape index (κ1) is 13.0. The number of nitrogens with zero attached hydrogens (tertiary/aromatic N) is 1. The zero-order valence-corrected chi connectivity index (χ0v) is 10.1. The monoisotopic (exact) mass is 236 g/mol. The topological polar surface area (TPSA) is 81.9 Å². The lowest BCUT2D eigenvalue weighted by molar-refractivity contribution is -0.123. The molecule has 1 aromatic rings. The van der Waals surface area contributed by atoms with Crippen molar-refractivity contribution in [2.45, 2.75) is 20.8 Å². The third kappa shape index (κ3) is 3.48. The van der Waals surface area contributed by atoms with Crippen LogP contribution < -0.4 is 5.43 Å². The molecule has 0 atom stereocenters. The van der Waals surface area contributed by atoms with Crippen molar-refractivity contribution in [1.29, 1.82) is 0 Å². The first-order chi connectivity index (χ1) is 7.91. The highest BCUT2D eigenvalue weighted by Crippen LogP contribution is 2.22. The third-order valence-corrected chi connectivity index (χ3v) is 2.23. The Labute approximate surface area is 99.8 Å². The number of hydrogen-bond donors (Lipinski definition) is 3. The number of aromatic hydroxyl groups is 2. The molecule has 0 saturated carbocycles. The van der Waals surface area contributed by atoms with E-state index in [1.165, 1.54) is 18.2 Å². The Morgan fingerprint density at radius 3 is 2.53 bits per heavy atom. The molecule has 92 valence electrons. The lowest BCUT2D eigenvalue weighted by Crippen LogP contribution is -2.24. The SMILES string of the molecule is C/C(=N\NC(=O)C(C)C)c1ccc(O)cc1O. The quantitative estimate of drug-likeness (QED) is 0.550. The molecular weight excluding hydrogens is 220 g/mol. The molecule has 0 unspecified atom stereocenters. The molecule has 3 N–H and O–H groups in total. The van der Waals surface area contributed by atoms with Gasteiger partial charge in [-0.2, -0.15) is 5.10 Å². The molecule has 0 fully saturated rings. The summed E-state index contributed by atoms with van der Waals surface area (Å²) in [5, 5.41) is 22.6. The first-order valence-electron chi connectivity index (χ1n) is 5.28. The van der Waals surface area contributed by atoms with Gasteiger partial charge in [-0.15, -0.1) is 0 Å². The molecule has 0 saturated heterocycles. The Hall–Kier alpha value is -2.04. The zero-order chi connectivity index (χ0) is 13.0. The summed E-state index contributed by atoms with van der Waals surface area (Å²) in [4.78, 5) is 11.3. The Morgan fingerprint density at radius 1 is 1.35 bits per heavy atom. The highest BCUT2D eigenvalue weighted by molar-refractivity contribution is 6.01. The van der Waals surface area contributed by atoms with Crippen LogP contribution in [0.3, 0.4) is 0 Å². The van der Waals surface area contributed by atoms with Gasteiger partial charge in [-0.3, -0.25) is 4.79 Å². The van der Waals surface area contributed by atoms with E-state index in [4.69, 9.17) is 5.11 Å². The van der Waals surface area contributed by atoms with E-state index in [0.29, 0.717) is 11.3 Å². The van der Waals surface area contributed by atoms with Gasteiger partial charge in [-0.25, -0.2) is 5.43 Å². The van der Waals surface area contributed by atoms with Crippen LogP contribution in [0.5, 0.6) is 11.5 Å². The predicted molar refractivity (Wildman–Crippen MR) is 65.0 cm³/mol. The summed E-state index contributed by atoms with van der Waals surface area (Å²) in [5.41, 5.74) is 3.33. The number of phenols is 2. The van der Waals surface area contributed by atoms with Crippen LogP contribution in [0, 0.1) is 5.92 Å². The smallest absolute Gasteiger partial charge is 0.242 e. The zero-order valence-electron chi connectivity index (χ0n) is 10.1. The van der Waals surface area contributed by atoms with Gasteiger partial charge in [0.1, 0.15) is 11.5 Å². The fourth-order valence-electron chi connectivity index (χ4n) is 1.15. The van der Waals surface area contributed by atoms with Crippen LogP contribution in [-0.4, -0.2) is 21.8 Å². The van der Waals surface area contributed by atoms with Gasteiger partial charge in [0, 0.05) is 17.5 Å². The Balaban J connectivity index is 2.85. The highest BCUT2D eigenvalue weighted by Gasteiger charge is 2.08. The average molecular weight is 236 g/mol. The van der Waals surface area contributed by atoms with Crippen molar-refractivity contribution in [2.75, 3.05) is 0 Å². The van der Waals surface area contributed by atoms with Crippen LogP contribution in [0.25, 0.3) is 0 Å². The van der Waals surface area contributed by atoms with E-state index in [9.17, 15) is 9.90 Å². The number of benzene rings is 1. The van der Waals surface area contributed by atoms with Gasteiger partial charge < -0.3 is 10.2 Å². The summed E-state index contributed by atoms with van der Waals surface area (Å²) in [6, 6.07) is 4.20. The molecule has 0 bridgehead atoms. The van der Waals surface area contributed by atoms with E-state index in [1.807, 2.05) is 0 Å². The summed E-state index contributed by atoms with van der Waals surface area (Å²) < 4.78 is 0. The molecule has 5 nitrogen and oxygen atoms in total. The number of amides is 1. The molecular formula is C12H16N2O3. The maximum Gasteiger partial charge on any atom is 0.242 e. The second-order valence-electron chi connectivity index (χ2n) is 4.03. The predicted octanol–water partition coefficient (Wildman–Crippen LogP) is 1.59. The standard InChI is InChI=1S/C12H16N2O3/c1-7(2)12(17)14-13-8(3)10-5-4-9(15)6-11(10)16/h4-7,15-16H,1-3H3,(H,14,17)/b13-8+. The van der Waals surface area contributed by atoms with Crippen LogP contribution >= 0.6 is 0 Å². The molecule has 0 spiro atoms. The van der Waals surface area contributed by atoms with Gasteiger partial charge in [0.05, 0.1) is 5.71 Å². The van der Waals surface area contributed by atoms with Crippen molar-refractivity contribution < 1.29 is 15.0 Å². The average Bonchev–Trinajstić information content (AvgIpc) is 2.25. The Bertz CT molecular complexity index is 453. The molecule has 1 rings (SSSR count). The molecule has 0 aliphatic rings. The number of nitrogens with one attached hydrogen (secondary N) is 1. The summed E-state index contributed by atoms with van der Waals surface area (Å²) in [6.07, 6.45) is 0. The van der Waals surface area contributed by atoms with E-state index in [1.54, 1.807) is 20.8 Å². The summed E-state index contributed by atoms with van der Waals surface area (Å²) in [6.45, 7) is 5.18. The Kier molecular flexibility index (Phi) is 4.09. The van der Waals surface area contributed by atoms with Crippen molar-refractivity contribution >= 4 is 11.6 Å². The normalized spacial score (nSPS) is 11.6. The maximum atomic E-state index is 11.3. The van der Waals surface area contributed by atoms with E-state index < -0.39 is 0 Å². The fourth-order valence-corrected chi connectivity index (χ4v) is 1.15. The molecule has 17 heavy (non-hydrogen) atoms. The molecule has 0 aliphatic carbocycles. The summed E-state index contributed by atoms with van der Waals surface area (Å²) in [7, 11) is 0. The number of phenolic OH excluding ortho intramolecular Hbond substituents is 2. The second kappa shape index (κ2) is 5.34. The second-order valence-corrected chi connectivity index (χ2v) is 4.03. The minimum atomic E-state index is -0.192. The van der Waals surface area contributed by atoms with Crippen LogP contribution in [0.1, 0.15) is 26.3 Å². The lowest BCUT2D eigenvalue weighted by Gasteiger charge is -2.06. The largest absolute Gasteiger partial charge is 0.508 e. The highest BCUT2D eigenvalue weighted by atomic mass is 16.3. The number of hydrogen-bond acceptors (Lipinski definition) is 4. The van der Waals surface area contributed by atoms with Crippen molar-refractivity contribution in [3.05, 3.63) is 23.8 Å². The van der Waals surface area contributed by atoms with Gasteiger partial charge in [0.15, 0.2) is 0 Å². The lowest BCUT2D eigenvalue weighted by atomic mass is 10.1. The van der Waals surface area contributed by atoms with E-state index in [-0.39, 0.29) is 23.3 Å². The van der Waals surface area contributed by atoms with Crippen molar-refractivity contribution in [1.82, 2.24) is 5.43 Å². The molecule has 1 amide bonds. The molecule has 1 aromatic carbocycles. The van der Waals surface area contributed by atoms with Crippen molar-refractivity contribution in [3.63, 3.8) is 0 Å². The minimum Gasteiger partial charge on any atom is -0.508 e. The van der Waals surface area contributed by atoms with Crippen LogP contribution in [0.2, 0.25) is 0 Å². The number of carbonyl (C=O) groups is 1. The van der Waals surface area contributed by atoms with E-state index in [0.717, 1.165) is 0 Å². The number of carbonyl (C=O) groups excluding carboxylic acids is 1. The minimum absolute atomic E-state index is 0.0229. The molecule has 0 aromatic heterocycles. The van der Waals surface area contributed by atoms with Gasteiger partial charge in [0.2, 0.25) is 5.91 Å². The summed E-state index contributed by atoms with van der Waals surface area (Å²) >= 11 is 0. The first-order valence-corrected chi connectivity index (χ1v) is 5.28. The molecule has 0 heterocycles. The van der Waals surface area contributed by atoms with Gasteiger partial charge in [-0.05, 0) is 19.1 Å². The van der Waals surface area contributed by atoms with Crippen LogP contribution in [0.15, 0.2) is 23.3 Å². The molecule has 0 radical (unpaired) electrons. The van der Waals surface area contributed by atoms with E-state index >= 15 is 0 Å². The molecule has 0 aliphatic heterocycles. The third-order valence-electron chi connectivity index (χ3n) is 2.23. The van der Waals surface area contributed by atoms with Crippen molar-refractivity contribution in [2.24, 2.45) is 11.0 Å². The number of hydrazone groups is 1. The molecule has 5 heteroatoms. The van der Waals surface area contributed by atoms with Gasteiger partial charge >= 0.3 is 0 Å². The van der Waals surface area contributed by atoms with Gasteiger partial charge in [-0.1, -0.05) is 13.8 Å². The number of rotatable bonds is 3. The Morgan fingerprint density at radius 2 is 2.00 bits per heavy atom. The van der Waals surface area contributed by atoms with E-state index in [2.05, 4.69) is 10.5 Å². The van der Waals surface area contributed by atoms with Crippen LogP contribution in [0.4, 0.5) is 0 Å². The van der Waals surface area contributed by atoms with Crippen molar-refractivity contribution in [3.8, 4) is 11.5 Å². The maximum absolute atomic E-state index is 11.3. The van der Waals surface area contributed by atoms with Gasteiger partial charge in [0.25, 0.3) is 0 Å². The summed E-state index contributed by atoms with van der Waals surface area (Å²) in [5.74, 6) is -0.446. The fraction of sp³-hybridized carbons (Fsp3) is 0.333. The van der Waals surface area contributed by atoms with Crippen LogP contribution in [-0.2, 0) is 4.79 Å².